The van der Waals surface area contributed by atoms with Gasteiger partial charge in [-0.3, -0.25) is 9.78 Å². The molecule has 1 fully saturated rings. The Morgan fingerprint density at radius 3 is 2.73 bits per heavy atom. The molecule has 0 saturated heterocycles. The summed E-state index contributed by atoms with van der Waals surface area (Å²) in [5.74, 6) is 0.872. The van der Waals surface area contributed by atoms with Crippen molar-refractivity contribution < 1.29 is 4.79 Å². The van der Waals surface area contributed by atoms with Crippen LogP contribution in [0.25, 0.3) is 0 Å². The molecule has 0 bridgehead atoms. The number of nitrogens with zero attached hydrogens (tertiary/aromatic N) is 2. The molecule has 0 aliphatic heterocycles. The second kappa shape index (κ2) is 4.87. The van der Waals surface area contributed by atoms with Crippen LogP contribution >= 0.6 is 0 Å². The molecule has 1 saturated carbocycles. The molecule has 2 rings (SSSR count). The highest BCUT2D eigenvalue weighted by Gasteiger charge is 2.17. The van der Waals surface area contributed by atoms with Gasteiger partial charge in [0.1, 0.15) is 5.69 Å². The van der Waals surface area contributed by atoms with Crippen molar-refractivity contribution in [1.29, 1.82) is 0 Å². The summed E-state index contributed by atoms with van der Waals surface area (Å²) in [4.78, 5) is 19.3. The Balaban J connectivity index is 1.82. The molecule has 5 radical (unpaired) electrons. The quantitative estimate of drug-likeness (QED) is 0.777. The first-order valence-corrected chi connectivity index (χ1v) is 4.61. The third-order valence-corrected chi connectivity index (χ3v) is 1.98. The van der Waals surface area contributed by atoms with Crippen molar-refractivity contribution in [3.8, 4) is 0 Å². The highest BCUT2D eigenvalue weighted by atomic mass is 16.1. The van der Waals surface area contributed by atoms with E-state index in [1.54, 1.807) is 0 Å². The van der Waals surface area contributed by atoms with Gasteiger partial charge in [0.15, 0.2) is 0 Å². The molecule has 4 heteroatoms. The van der Waals surface area contributed by atoms with E-state index in [1.807, 2.05) is 25.7 Å². The summed E-state index contributed by atoms with van der Waals surface area (Å²) in [6.45, 7) is 0.516. The number of rotatable bonds is 3. The molecule has 1 aliphatic carbocycles. The first kappa shape index (κ1) is 10.1. The molecule has 1 heterocycles. The summed E-state index contributed by atoms with van der Waals surface area (Å²) in [5.41, 5.74) is 0.337. The number of hydrogen-bond donors (Lipinski definition) is 1. The summed E-state index contributed by atoms with van der Waals surface area (Å²) in [6.07, 6.45) is 12.3. The predicted molar refractivity (Wildman–Crippen MR) is 54.8 cm³/mol. The van der Waals surface area contributed by atoms with Gasteiger partial charge in [0, 0.05) is 24.9 Å². The Kier molecular flexibility index (Phi) is 3.27. The van der Waals surface area contributed by atoms with E-state index < -0.39 is 0 Å². The van der Waals surface area contributed by atoms with Gasteiger partial charge in [0.05, 0.1) is 6.20 Å². The minimum atomic E-state index is -0.204. The Morgan fingerprint density at radius 1 is 1.27 bits per heavy atom. The molecule has 0 spiro atoms. The summed E-state index contributed by atoms with van der Waals surface area (Å²) in [5, 5.41) is 2.76. The molecule has 4 nitrogen and oxygen atoms in total. The number of hydrogen-bond acceptors (Lipinski definition) is 3. The van der Waals surface area contributed by atoms with Gasteiger partial charge < -0.3 is 5.32 Å². The molecule has 15 heavy (non-hydrogen) atoms. The summed E-state index contributed by atoms with van der Waals surface area (Å²) in [6, 6.07) is 0. The second-order valence-electron chi connectivity index (χ2n) is 3.07. The van der Waals surface area contributed by atoms with E-state index in [1.165, 1.54) is 18.6 Å². The van der Waals surface area contributed by atoms with E-state index in [0.717, 1.165) is 5.92 Å². The van der Waals surface area contributed by atoms with Crippen molar-refractivity contribution in [2.24, 2.45) is 0 Å². The Bertz CT molecular complexity index is 320. The van der Waals surface area contributed by atoms with Crippen molar-refractivity contribution in [3.63, 3.8) is 0 Å². The van der Waals surface area contributed by atoms with E-state index in [0.29, 0.717) is 12.2 Å². The summed E-state index contributed by atoms with van der Waals surface area (Å²) >= 11 is 0. The highest BCUT2D eigenvalue weighted by molar-refractivity contribution is 5.92. The van der Waals surface area contributed by atoms with Crippen LogP contribution in [0, 0.1) is 31.6 Å². The number of carbonyl (C=O) groups excluding carboxylic acids is 1. The van der Waals surface area contributed by atoms with Gasteiger partial charge in [-0.05, 0) is 25.7 Å². The molecular weight excluding hydrogens is 190 g/mol. The van der Waals surface area contributed by atoms with Gasteiger partial charge in [0.2, 0.25) is 0 Å². The van der Waals surface area contributed by atoms with Gasteiger partial charge >= 0.3 is 0 Å². The highest BCUT2D eigenvalue weighted by Crippen LogP contribution is 2.21. The largest absolute Gasteiger partial charge is 0.350 e. The van der Waals surface area contributed by atoms with Crippen LogP contribution in [-0.4, -0.2) is 22.4 Å². The van der Waals surface area contributed by atoms with Crippen molar-refractivity contribution in [2.45, 2.75) is 0 Å². The lowest BCUT2D eigenvalue weighted by Gasteiger charge is -2.08. The fourth-order valence-electron chi connectivity index (χ4n) is 1.22. The maximum Gasteiger partial charge on any atom is 0.271 e. The van der Waals surface area contributed by atoms with Crippen LogP contribution in [0.15, 0.2) is 18.6 Å². The zero-order valence-electron chi connectivity index (χ0n) is 8.05. The van der Waals surface area contributed by atoms with Crippen LogP contribution in [0.4, 0.5) is 0 Å². The predicted octanol–water partition coefficient (Wildman–Crippen LogP) is 0.612. The van der Waals surface area contributed by atoms with Gasteiger partial charge in [-0.25, -0.2) is 4.98 Å². The molecular formula is C11H10N3O. The number of aromatic nitrogens is 2. The average molecular weight is 200 g/mol. The van der Waals surface area contributed by atoms with Crippen molar-refractivity contribution in [1.82, 2.24) is 15.3 Å². The zero-order valence-corrected chi connectivity index (χ0v) is 8.05. The SMILES string of the molecule is O=C(NC[C]1[CH][CH][CH][CH]1)c1cnccn1. The molecule has 0 atom stereocenters. The molecule has 0 aromatic carbocycles. The van der Waals surface area contributed by atoms with E-state index in [4.69, 9.17) is 0 Å². The van der Waals surface area contributed by atoms with E-state index in [9.17, 15) is 4.79 Å². The molecule has 1 aliphatic rings. The maximum atomic E-state index is 11.5. The normalized spacial score (nSPS) is 16.5. The van der Waals surface area contributed by atoms with Crippen molar-refractivity contribution in [3.05, 3.63) is 55.9 Å². The minimum Gasteiger partial charge on any atom is -0.350 e. The standard InChI is InChI=1S/C11H10N3O/c15-11(10-8-12-5-6-13-10)14-7-9-3-1-2-4-9/h1-6,8H,7H2,(H,14,15). The van der Waals surface area contributed by atoms with E-state index in [-0.39, 0.29) is 5.91 Å². The van der Waals surface area contributed by atoms with Crippen molar-refractivity contribution in [2.75, 3.05) is 6.54 Å². The first-order chi connectivity index (χ1) is 7.36. The van der Waals surface area contributed by atoms with Gasteiger partial charge in [0.25, 0.3) is 5.91 Å². The van der Waals surface area contributed by atoms with Gasteiger partial charge in [-0.2, -0.15) is 0 Å². The molecule has 1 N–H and O–H groups in total. The topological polar surface area (TPSA) is 54.9 Å². The van der Waals surface area contributed by atoms with Gasteiger partial charge in [-0.1, -0.05) is 0 Å². The smallest absolute Gasteiger partial charge is 0.271 e. The molecule has 0 unspecified atom stereocenters. The van der Waals surface area contributed by atoms with Gasteiger partial charge in [-0.15, -0.1) is 0 Å². The third-order valence-electron chi connectivity index (χ3n) is 1.98. The molecule has 1 aromatic heterocycles. The molecule has 1 amide bonds. The summed E-state index contributed by atoms with van der Waals surface area (Å²) in [7, 11) is 0. The van der Waals surface area contributed by atoms with Crippen LogP contribution in [0.2, 0.25) is 0 Å². The maximum absolute atomic E-state index is 11.5. The lowest BCUT2D eigenvalue weighted by atomic mass is 10.1. The average Bonchev–Trinajstić information content (AvgIpc) is 2.80. The Labute approximate surface area is 89.1 Å². The lowest BCUT2D eigenvalue weighted by molar-refractivity contribution is 0.0950. The Hall–Kier alpha value is -1.45. The summed E-state index contributed by atoms with van der Waals surface area (Å²) < 4.78 is 0. The number of nitrogens with one attached hydrogen (secondary N) is 1. The lowest BCUT2D eigenvalue weighted by Crippen LogP contribution is -2.28. The third kappa shape index (κ3) is 2.75. The van der Waals surface area contributed by atoms with Crippen LogP contribution in [-0.2, 0) is 0 Å². The van der Waals surface area contributed by atoms with Crippen LogP contribution in [0.5, 0.6) is 0 Å². The van der Waals surface area contributed by atoms with E-state index in [2.05, 4.69) is 15.3 Å². The van der Waals surface area contributed by atoms with Crippen LogP contribution in [0.3, 0.4) is 0 Å². The number of carbonyl (C=O) groups is 1. The van der Waals surface area contributed by atoms with E-state index >= 15 is 0 Å². The van der Waals surface area contributed by atoms with Crippen LogP contribution < -0.4 is 5.32 Å². The van der Waals surface area contributed by atoms with Crippen LogP contribution in [0.1, 0.15) is 10.5 Å². The monoisotopic (exact) mass is 200 g/mol. The fraction of sp³-hybridized carbons (Fsp3) is 0.0909. The Morgan fingerprint density at radius 2 is 2.07 bits per heavy atom. The second-order valence-corrected chi connectivity index (χ2v) is 3.07. The fourth-order valence-corrected chi connectivity index (χ4v) is 1.22. The zero-order chi connectivity index (χ0) is 10.5. The first-order valence-electron chi connectivity index (χ1n) is 4.61. The minimum absolute atomic E-state index is 0.204. The molecule has 1 aromatic rings. The molecule has 75 valence electrons. The number of amides is 1. The van der Waals surface area contributed by atoms with Crippen molar-refractivity contribution >= 4 is 5.91 Å².